The number of benzene rings is 1. The molecule has 1 aromatic heterocycles. The van der Waals surface area contributed by atoms with Gasteiger partial charge in [0.2, 0.25) is 0 Å². The Bertz CT molecular complexity index is 599. The molecule has 0 atom stereocenters. The van der Waals surface area contributed by atoms with Crippen LogP contribution < -0.4 is 5.32 Å². The lowest BCUT2D eigenvalue weighted by Crippen LogP contribution is -2.32. The fraction of sp³-hybridized carbons (Fsp3) is 0.357. The van der Waals surface area contributed by atoms with Crippen LogP contribution in [0.4, 0.5) is 9.18 Å². The lowest BCUT2D eigenvalue weighted by Gasteiger charge is -2.19. The van der Waals surface area contributed by atoms with Gasteiger partial charge in [-0.15, -0.1) is 0 Å². The molecule has 1 heterocycles. The second-order valence-corrected chi connectivity index (χ2v) is 5.36. The van der Waals surface area contributed by atoms with Gasteiger partial charge in [-0.25, -0.2) is 9.18 Å². The Kier molecular flexibility index (Phi) is 3.46. The van der Waals surface area contributed by atoms with Gasteiger partial charge in [0.25, 0.3) is 0 Å². The van der Waals surface area contributed by atoms with E-state index in [1.54, 1.807) is 33.0 Å². The standard InChI is InChI=1S/C14H17FN2O2/c1-14(2,3)19-13(18)17-8-10-7-11(15)6-9-4-5-16-12(9)10/h4-7,16H,8H2,1-3H3,(H,17,18). The second kappa shape index (κ2) is 4.91. The first-order valence-electron chi connectivity index (χ1n) is 6.07. The topological polar surface area (TPSA) is 54.1 Å². The number of amides is 1. The Morgan fingerprint density at radius 2 is 2.16 bits per heavy atom. The zero-order valence-electron chi connectivity index (χ0n) is 11.2. The molecular weight excluding hydrogens is 247 g/mol. The molecular formula is C14H17FN2O2. The highest BCUT2D eigenvalue weighted by Gasteiger charge is 2.16. The summed E-state index contributed by atoms with van der Waals surface area (Å²) in [6, 6.07) is 4.63. The highest BCUT2D eigenvalue weighted by atomic mass is 19.1. The van der Waals surface area contributed by atoms with Crippen LogP contribution in [0.15, 0.2) is 24.4 Å². The van der Waals surface area contributed by atoms with Gasteiger partial charge in [0.15, 0.2) is 0 Å². The van der Waals surface area contributed by atoms with Crippen molar-refractivity contribution in [2.75, 3.05) is 0 Å². The maximum atomic E-state index is 13.4. The molecule has 0 spiro atoms. The van der Waals surface area contributed by atoms with Crippen molar-refractivity contribution in [3.8, 4) is 0 Å². The Balaban J connectivity index is 2.09. The van der Waals surface area contributed by atoms with Crippen LogP contribution in [-0.2, 0) is 11.3 Å². The van der Waals surface area contributed by atoms with Crippen molar-refractivity contribution >= 4 is 17.0 Å². The lowest BCUT2D eigenvalue weighted by molar-refractivity contribution is 0.0523. The molecule has 0 bridgehead atoms. The van der Waals surface area contributed by atoms with Crippen molar-refractivity contribution in [3.63, 3.8) is 0 Å². The summed E-state index contributed by atoms with van der Waals surface area (Å²) in [6.45, 7) is 5.58. The molecule has 0 fully saturated rings. The number of nitrogens with one attached hydrogen (secondary N) is 2. The zero-order chi connectivity index (χ0) is 14.0. The maximum absolute atomic E-state index is 13.4. The Morgan fingerprint density at radius 3 is 2.84 bits per heavy atom. The van der Waals surface area contributed by atoms with E-state index in [4.69, 9.17) is 4.74 Å². The van der Waals surface area contributed by atoms with E-state index in [-0.39, 0.29) is 12.4 Å². The van der Waals surface area contributed by atoms with Crippen LogP contribution >= 0.6 is 0 Å². The van der Waals surface area contributed by atoms with Crippen molar-refractivity contribution in [1.82, 2.24) is 10.3 Å². The van der Waals surface area contributed by atoms with Gasteiger partial charge in [-0.1, -0.05) is 0 Å². The van der Waals surface area contributed by atoms with E-state index >= 15 is 0 Å². The van der Waals surface area contributed by atoms with Crippen LogP contribution in [0, 0.1) is 5.82 Å². The van der Waals surface area contributed by atoms with E-state index in [0.717, 1.165) is 10.9 Å². The number of carbonyl (C=O) groups is 1. The molecule has 2 aromatic rings. The summed E-state index contributed by atoms with van der Waals surface area (Å²) in [7, 11) is 0. The molecule has 0 aliphatic carbocycles. The van der Waals surface area contributed by atoms with E-state index in [2.05, 4.69) is 10.3 Å². The number of rotatable bonds is 2. The molecule has 0 saturated heterocycles. The fourth-order valence-electron chi connectivity index (χ4n) is 1.83. The number of carbonyl (C=O) groups excluding carboxylic acids is 1. The average molecular weight is 264 g/mol. The number of aromatic amines is 1. The molecule has 5 heteroatoms. The van der Waals surface area contributed by atoms with Gasteiger partial charge in [0.1, 0.15) is 11.4 Å². The molecule has 102 valence electrons. The van der Waals surface area contributed by atoms with Gasteiger partial charge >= 0.3 is 6.09 Å². The minimum atomic E-state index is -0.548. The first-order chi connectivity index (χ1) is 8.85. The summed E-state index contributed by atoms with van der Waals surface area (Å²) in [5, 5.41) is 3.40. The van der Waals surface area contributed by atoms with Crippen LogP contribution in [0.5, 0.6) is 0 Å². The van der Waals surface area contributed by atoms with Crippen LogP contribution in [0.25, 0.3) is 10.9 Å². The molecule has 1 aromatic carbocycles. The lowest BCUT2D eigenvalue weighted by atomic mass is 10.1. The number of H-pyrrole nitrogens is 1. The fourth-order valence-corrected chi connectivity index (χ4v) is 1.83. The van der Waals surface area contributed by atoms with Crippen molar-refractivity contribution in [2.45, 2.75) is 32.9 Å². The number of halogens is 1. The number of alkyl carbamates (subject to hydrolysis) is 1. The summed E-state index contributed by atoms with van der Waals surface area (Å²) in [5.41, 5.74) is 0.955. The number of hydrogen-bond acceptors (Lipinski definition) is 2. The van der Waals surface area contributed by atoms with Gasteiger partial charge in [-0.2, -0.15) is 0 Å². The third-order valence-electron chi connectivity index (χ3n) is 2.53. The predicted molar refractivity (Wildman–Crippen MR) is 71.3 cm³/mol. The van der Waals surface area contributed by atoms with E-state index in [1.165, 1.54) is 12.1 Å². The largest absolute Gasteiger partial charge is 0.444 e. The van der Waals surface area contributed by atoms with Gasteiger partial charge in [-0.3, -0.25) is 0 Å². The smallest absolute Gasteiger partial charge is 0.407 e. The van der Waals surface area contributed by atoms with E-state index in [0.29, 0.717) is 5.56 Å². The van der Waals surface area contributed by atoms with Gasteiger partial charge < -0.3 is 15.0 Å². The minimum Gasteiger partial charge on any atom is -0.444 e. The Labute approximate surface area is 111 Å². The average Bonchev–Trinajstić information content (AvgIpc) is 2.71. The summed E-state index contributed by atoms with van der Waals surface area (Å²) in [5.74, 6) is -0.326. The van der Waals surface area contributed by atoms with Gasteiger partial charge in [-0.05, 0) is 44.5 Å². The van der Waals surface area contributed by atoms with Crippen molar-refractivity contribution in [2.24, 2.45) is 0 Å². The van der Waals surface area contributed by atoms with E-state index < -0.39 is 11.7 Å². The number of hydrogen-bond donors (Lipinski definition) is 2. The highest BCUT2D eigenvalue weighted by molar-refractivity contribution is 5.83. The normalized spacial score (nSPS) is 11.6. The molecule has 2 N–H and O–H groups in total. The monoisotopic (exact) mass is 264 g/mol. The van der Waals surface area contributed by atoms with Crippen molar-refractivity contribution in [3.05, 3.63) is 35.8 Å². The van der Waals surface area contributed by atoms with Crippen molar-refractivity contribution in [1.29, 1.82) is 0 Å². The molecule has 0 radical (unpaired) electrons. The summed E-state index contributed by atoms with van der Waals surface area (Å²) >= 11 is 0. The van der Waals surface area contributed by atoms with Crippen molar-refractivity contribution < 1.29 is 13.9 Å². The predicted octanol–water partition coefficient (Wildman–Crippen LogP) is 3.33. The minimum absolute atomic E-state index is 0.212. The number of fused-ring (bicyclic) bond motifs is 1. The van der Waals surface area contributed by atoms with Crippen LogP contribution in [0.2, 0.25) is 0 Å². The SMILES string of the molecule is CC(C)(C)OC(=O)NCc1cc(F)cc2cc[nH]c12. The highest BCUT2D eigenvalue weighted by Crippen LogP contribution is 2.19. The quantitative estimate of drug-likeness (QED) is 0.874. The summed E-state index contributed by atoms with van der Waals surface area (Å²) in [4.78, 5) is 14.6. The Morgan fingerprint density at radius 1 is 1.42 bits per heavy atom. The summed E-state index contributed by atoms with van der Waals surface area (Å²) in [6.07, 6.45) is 1.22. The second-order valence-electron chi connectivity index (χ2n) is 5.36. The van der Waals surface area contributed by atoms with Crippen LogP contribution in [-0.4, -0.2) is 16.7 Å². The number of ether oxygens (including phenoxy) is 1. The van der Waals surface area contributed by atoms with Crippen LogP contribution in [0.3, 0.4) is 0 Å². The van der Waals surface area contributed by atoms with Gasteiger partial charge in [0, 0.05) is 18.1 Å². The molecule has 1 amide bonds. The van der Waals surface area contributed by atoms with Gasteiger partial charge in [0.05, 0.1) is 5.52 Å². The first kappa shape index (κ1) is 13.4. The molecule has 0 aliphatic rings. The van der Waals surface area contributed by atoms with E-state index in [1.807, 2.05) is 0 Å². The third kappa shape index (κ3) is 3.47. The molecule has 2 rings (SSSR count). The molecule has 0 unspecified atom stereocenters. The number of aromatic nitrogens is 1. The maximum Gasteiger partial charge on any atom is 0.407 e. The molecule has 4 nitrogen and oxygen atoms in total. The molecule has 0 saturated carbocycles. The Hall–Kier alpha value is -2.04. The summed E-state index contributed by atoms with van der Waals surface area (Å²) < 4.78 is 18.5. The van der Waals surface area contributed by atoms with Crippen LogP contribution in [0.1, 0.15) is 26.3 Å². The third-order valence-corrected chi connectivity index (χ3v) is 2.53. The molecule has 19 heavy (non-hydrogen) atoms. The van der Waals surface area contributed by atoms with E-state index in [9.17, 15) is 9.18 Å². The zero-order valence-corrected chi connectivity index (χ0v) is 11.2. The first-order valence-corrected chi connectivity index (χ1v) is 6.07. The molecule has 0 aliphatic heterocycles.